The fourth-order valence-electron chi connectivity index (χ4n) is 2.99. The first-order valence-electron chi connectivity index (χ1n) is 9.82. The summed E-state index contributed by atoms with van der Waals surface area (Å²) in [7, 11) is -3.79. The number of amides is 2. The zero-order valence-electron chi connectivity index (χ0n) is 17.2. The number of non-ortho nitro benzene ring substituents is 1. The number of para-hydroxylation sites is 1. The van der Waals surface area contributed by atoms with Crippen LogP contribution in [0.3, 0.4) is 0 Å². The Balaban J connectivity index is 1.65. The summed E-state index contributed by atoms with van der Waals surface area (Å²) in [6, 6.07) is 17.8. The summed E-state index contributed by atoms with van der Waals surface area (Å²) >= 11 is 0. The second kappa shape index (κ2) is 9.92. The van der Waals surface area contributed by atoms with Crippen molar-refractivity contribution < 1.29 is 18.1 Å². The molecule has 0 atom stereocenters. The number of nitro groups is 1. The molecule has 0 fully saturated rings. The molecule has 0 aliphatic rings. The average Bonchev–Trinajstić information content (AvgIpc) is 2.76. The molecule has 0 aliphatic carbocycles. The molecule has 0 saturated heterocycles. The molecule has 3 rings (SSSR count). The van der Waals surface area contributed by atoms with Crippen molar-refractivity contribution in [1.29, 1.82) is 0 Å². The first-order valence-corrected chi connectivity index (χ1v) is 11.3. The number of carbonyl (C=O) groups excluding carboxylic acids is 1. The van der Waals surface area contributed by atoms with Gasteiger partial charge in [-0.05, 0) is 54.4 Å². The maximum Gasteiger partial charge on any atom is 0.323 e. The monoisotopic (exact) mass is 454 g/mol. The highest BCUT2D eigenvalue weighted by atomic mass is 32.2. The Morgan fingerprint density at radius 2 is 1.47 bits per heavy atom. The zero-order chi connectivity index (χ0) is 23.1. The lowest BCUT2D eigenvalue weighted by atomic mass is 10.1. The molecule has 0 saturated carbocycles. The molecule has 3 aromatic rings. The van der Waals surface area contributed by atoms with Crippen LogP contribution in [-0.4, -0.2) is 19.4 Å². The van der Waals surface area contributed by atoms with Crippen LogP contribution in [0.5, 0.6) is 0 Å². The molecule has 0 radical (unpaired) electrons. The predicted molar refractivity (Wildman–Crippen MR) is 123 cm³/mol. The Kier molecular flexibility index (Phi) is 7.06. The second-order valence-corrected chi connectivity index (χ2v) is 8.60. The molecule has 3 aromatic carbocycles. The maximum atomic E-state index is 12.7. The highest BCUT2D eigenvalue weighted by Crippen LogP contribution is 2.22. The fourth-order valence-corrected chi connectivity index (χ4v) is 4.09. The van der Waals surface area contributed by atoms with Crippen LogP contribution in [0.25, 0.3) is 0 Å². The molecular formula is C22H22N4O5S. The Bertz CT molecular complexity index is 1210. The summed E-state index contributed by atoms with van der Waals surface area (Å²) in [4.78, 5) is 22.3. The summed E-state index contributed by atoms with van der Waals surface area (Å²) in [6.07, 6.45) is 1.65. The van der Waals surface area contributed by atoms with E-state index in [0.29, 0.717) is 17.1 Å². The smallest absolute Gasteiger partial charge is 0.308 e. The number of nitro benzene ring substituents is 1. The highest BCUT2D eigenvalue weighted by Gasteiger charge is 2.16. The summed E-state index contributed by atoms with van der Waals surface area (Å²) in [6.45, 7) is 2.02. The summed E-state index contributed by atoms with van der Waals surface area (Å²) in [5.41, 5.74) is 2.13. The van der Waals surface area contributed by atoms with E-state index in [0.717, 1.165) is 18.4 Å². The molecule has 32 heavy (non-hydrogen) atoms. The van der Waals surface area contributed by atoms with E-state index in [2.05, 4.69) is 15.4 Å². The predicted octanol–water partition coefficient (Wildman–Crippen LogP) is 4.99. The number of aryl methyl sites for hydroxylation is 1. The molecular weight excluding hydrogens is 432 g/mol. The molecule has 9 nitrogen and oxygen atoms in total. The minimum absolute atomic E-state index is 0.0603. The van der Waals surface area contributed by atoms with Crippen molar-refractivity contribution in [3.63, 3.8) is 0 Å². The third-order valence-corrected chi connectivity index (χ3v) is 5.92. The van der Waals surface area contributed by atoms with E-state index in [1.807, 2.05) is 19.1 Å². The lowest BCUT2D eigenvalue weighted by Gasteiger charge is -2.13. The largest absolute Gasteiger partial charge is 0.323 e. The van der Waals surface area contributed by atoms with Gasteiger partial charge < -0.3 is 10.6 Å². The molecule has 0 aromatic heterocycles. The Morgan fingerprint density at radius 3 is 2.03 bits per heavy atom. The van der Waals surface area contributed by atoms with Crippen molar-refractivity contribution >= 4 is 38.8 Å². The summed E-state index contributed by atoms with van der Waals surface area (Å²) in [5, 5.41) is 15.8. The van der Waals surface area contributed by atoms with Crippen molar-refractivity contribution in [3.05, 3.63) is 88.5 Å². The molecule has 2 amide bonds. The van der Waals surface area contributed by atoms with Crippen molar-refractivity contribution in [1.82, 2.24) is 0 Å². The van der Waals surface area contributed by atoms with Gasteiger partial charge in [0.1, 0.15) is 0 Å². The normalized spacial score (nSPS) is 10.9. The lowest BCUT2D eigenvalue weighted by Crippen LogP contribution is -2.19. The van der Waals surface area contributed by atoms with Gasteiger partial charge in [-0.1, -0.05) is 31.5 Å². The average molecular weight is 455 g/mol. The number of urea groups is 1. The van der Waals surface area contributed by atoms with Crippen LogP contribution in [0.2, 0.25) is 0 Å². The number of hydrogen-bond donors (Lipinski definition) is 3. The van der Waals surface area contributed by atoms with Crippen molar-refractivity contribution in [2.24, 2.45) is 0 Å². The molecule has 166 valence electrons. The zero-order valence-corrected chi connectivity index (χ0v) is 18.1. The van der Waals surface area contributed by atoms with Gasteiger partial charge in [-0.2, -0.15) is 0 Å². The number of nitrogens with one attached hydrogen (secondary N) is 3. The molecule has 10 heteroatoms. The van der Waals surface area contributed by atoms with Crippen LogP contribution in [0.4, 0.5) is 27.5 Å². The third-order valence-electron chi connectivity index (χ3n) is 4.54. The van der Waals surface area contributed by atoms with Crippen LogP contribution in [0, 0.1) is 10.1 Å². The third kappa shape index (κ3) is 5.82. The number of carbonyl (C=O) groups is 1. The second-order valence-electron chi connectivity index (χ2n) is 6.92. The number of benzene rings is 3. The molecule has 0 unspecified atom stereocenters. The molecule has 3 N–H and O–H groups in total. The number of nitrogens with zero attached hydrogens (tertiary/aromatic N) is 1. The number of sulfonamides is 1. The summed E-state index contributed by atoms with van der Waals surface area (Å²) in [5.74, 6) is 0. The van der Waals surface area contributed by atoms with E-state index in [9.17, 15) is 23.3 Å². The lowest BCUT2D eigenvalue weighted by molar-refractivity contribution is -0.384. The number of anilines is 3. The van der Waals surface area contributed by atoms with Crippen molar-refractivity contribution in [3.8, 4) is 0 Å². The van der Waals surface area contributed by atoms with Gasteiger partial charge in [0.2, 0.25) is 0 Å². The minimum atomic E-state index is -3.79. The standard InChI is InChI=1S/C22H22N4O5S/c1-2-5-16-6-3-4-7-21(16)25-32(30,31)20-14-10-18(11-15-20)24-22(27)23-17-8-12-19(13-9-17)26(28)29/h3-4,6-15,25H,2,5H2,1H3,(H2,23,24,27). The van der Waals surface area contributed by atoms with E-state index in [-0.39, 0.29) is 10.6 Å². The number of hydrogen-bond acceptors (Lipinski definition) is 5. The van der Waals surface area contributed by atoms with Gasteiger partial charge in [0.25, 0.3) is 15.7 Å². The van der Waals surface area contributed by atoms with Gasteiger partial charge in [-0.25, -0.2) is 13.2 Å². The van der Waals surface area contributed by atoms with E-state index in [4.69, 9.17) is 0 Å². The van der Waals surface area contributed by atoms with E-state index >= 15 is 0 Å². The quantitative estimate of drug-likeness (QED) is 0.326. The first kappa shape index (κ1) is 22.8. The Labute approximate surface area is 185 Å². The van der Waals surface area contributed by atoms with Gasteiger partial charge >= 0.3 is 6.03 Å². The van der Waals surface area contributed by atoms with Crippen LogP contribution in [0.15, 0.2) is 77.7 Å². The fraction of sp³-hybridized carbons (Fsp3) is 0.136. The minimum Gasteiger partial charge on any atom is -0.308 e. The molecule has 0 heterocycles. The van der Waals surface area contributed by atoms with Crippen molar-refractivity contribution in [2.75, 3.05) is 15.4 Å². The van der Waals surface area contributed by atoms with Crippen LogP contribution in [-0.2, 0) is 16.4 Å². The van der Waals surface area contributed by atoms with Gasteiger partial charge in [-0.3, -0.25) is 14.8 Å². The molecule has 0 bridgehead atoms. The topological polar surface area (TPSA) is 130 Å². The highest BCUT2D eigenvalue weighted by molar-refractivity contribution is 7.92. The van der Waals surface area contributed by atoms with Gasteiger partial charge in [0.15, 0.2) is 0 Å². The van der Waals surface area contributed by atoms with Gasteiger partial charge in [0.05, 0.1) is 15.5 Å². The van der Waals surface area contributed by atoms with E-state index < -0.39 is 21.0 Å². The van der Waals surface area contributed by atoms with Crippen LogP contribution < -0.4 is 15.4 Å². The van der Waals surface area contributed by atoms with E-state index in [1.165, 1.54) is 48.5 Å². The van der Waals surface area contributed by atoms with E-state index in [1.54, 1.807) is 12.1 Å². The maximum absolute atomic E-state index is 12.7. The van der Waals surface area contributed by atoms with Crippen molar-refractivity contribution in [2.45, 2.75) is 24.7 Å². The van der Waals surface area contributed by atoms with Gasteiger partial charge in [0, 0.05) is 23.5 Å². The SMILES string of the molecule is CCCc1ccccc1NS(=O)(=O)c1ccc(NC(=O)Nc2ccc([N+](=O)[O-])cc2)cc1. The number of rotatable bonds is 8. The Morgan fingerprint density at radius 1 is 0.906 bits per heavy atom. The Hall–Kier alpha value is -3.92. The molecule has 0 aliphatic heterocycles. The summed E-state index contributed by atoms with van der Waals surface area (Å²) < 4.78 is 28.1. The van der Waals surface area contributed by atoms with Crippen LogP contribution >= 0.6 is 0 Å². The first-order chi connectivity index (χ1) is 15.3. The molecule has 0 spiro atoms. The van der Waals surface area contributed by atoms with Crippen LogP contribution in [0.1, 0.15) is 18.9 Å². The van der Waals surface area contributed by atoms with Gasteiger partial charge in [-0.15, -0.1) is 0 Å².